The Hall–Kier alpha value is -2.37. The molecule has 1 fully saturated rings. The lowest BCUT2D eigenvalue weighted by atomic mass is 9.98. The number of carboxylic acid groups (broad SMARTS) is 1. The topological polar surface area (TPSA) is 53.0 Å². The third-order valence-electron chi connectivity index (χ3n) is 6.10. The monoisotopic (exact) mass is 394 g/mol. The van der Waals surface area contributed by atoms with Crippen LogP contribution in [0.3, 0.4) is 0 Å². The van der Waals surface area contributed by atoms with Crippen molar-refractivity contribution in [1.29, 1.82) is 0 Å². The molecule has 0 spiro atoms. The quantitative estimate of drug-likeness (QED) is 0.730. The van der Waals surface area contributed by atoms with Crippen LogP contribution in [0.25, 0.3) is 0 Å². The molecule has 1 atom stereocenters. The maximum absolute atomic E-state index is 11.2. The summed E-state index contributed by atoms with van der Waals surface area (Å²) in [7, 11) is 0. The molecular weight excluding hydrogens is 364 g/mol. The van der Waals surface area contributed by atoms with Crippen LogP contribution in [0.5, 0.6) is 0 Å². The molecule has 2 heterocycles. The van der Waals surface area contributed by atoms with E-state index in [1.807, 2.05) is 0 Å². The van der Waals surface area contributed by atoms with Crippen molar-refractivity contribution in [1.82, 2.24) is 4.90 Å². The van der Waals surface area contributed by atoms with Crippen molar-refractivity contribution >= 4 is 11.7 Å². The molecule has 2 aliphatic heterocycles. The molecule has 0 unspecified atom stereocenters. The lowest BCUT2D eigenvalue weighted by Gasteiger charge is -2.30. The van der Waals surface area contributed by atoms with Crippen LogP contribution in [-0.2, 0) is 22.5 Å². The number of aliphatic carboxylic acids is 1. The first kappa shape index (κ1) is 19.9. The number of ether oxygens (including phenoxy) is 1. The highest BCUT2D eigenvalue weighted by Crippen LogP contribution is 2.30. The Morgan fingerprint density at radius 3 is 2.55 bits per heavy atom. The summed E-state index contributed by atoms with van der Waals surface area (Å²) in [6.07, 6.45) is 2.73. The number of hydrogen-bond acceptors (Lipinski definition) is 4. The Morgan fingerprint density at radius 2 is 1.72 bits per heavy atom. The highest BCUT2D eigenvalue weighted by atomic mass is 16.5. The van der Waals surface area contributed by atoms with Gasteiger partial charge in [0.2, 0.25) is 0 Å². The SMILES string of the molecule is O=C(O)[C@@H]1CCCN(CCOCCN2Cc3ccccc3Cc3ccccc32)C1. The minimum Gasteiger partial charge on any atom is -0.481 e. The van der Waals surface area contributed by atoms with Gasteiger partial charge in [0.15, 0.2) is 0 Å². The predicted molar refractivity (Wildman–Crippen MR) is 114 cm³/mol. The number of nitrogens with zero attached hydrogens (tertiary/aromatic N) is 2. The molecule has 2 aromatic carbocycles. The van der Waals surface area contributed by atoms with Gasteiger partial charge < -0.3 is 19.6 Å². The summed E-state index contributed by atoms with van der Waals surface area (Å²) in [5.74, 6) is -0.895. The van der Waals surface area contributed by atoms with Gasteiger partial charge >= 0.3 is 5.97 Å². The molecule has 1 saturated heterocycles. The Bertz CT molecular complexity index is 838. The number of rotatable bonds is 7. The van der Waals surface area contributed by atoms with E-state index in [0.29, 0.717) is 19.8 Å². The molecule has 154 valence electrons. The average molecular weight is 395 g/mol. The molecule has 1 N–H and O–H groups in total. The number of hydrogen-bond donors (Lipinski definition) is 1. The second-order valence-corrected chi connectivity index (χ2v) is 8.09. The van der Waals surface area contributed by atoms with E-state index >= 15 is 0 Å². The molecular formula is C24H30N2O3. The third-order valence-corrected chi connectivity index (χ3v) is 6.10. The van der Waals surface area contributed by atoms with Crippen molar-refractivity contribution in [3.8, 4) is 0 Å². The molecule has 0 saturated carbocycles. The maximum Gasteiger partial charge on any atom is 0.307 e. The van der Waals surface area contributed by atoms with Crippen molar-refractivity contribution in [3.63, 3.8) is 0 Å². The molecule has 0 amide bonds. The van der Waals surface area contributed by atoms with Crippen LogP contribution in [0.1, 0.15) is 29.5 Å². The third kappa shape index (κ3) is 4.98. The lowest BCUT2D eigenvalue weighted by molar-refractivity contribution is -0.143. The van der Waals surface area contributed by atoms with E-state index in [0.717, 1.165) is 45.4 Å². The molecule has 2 aromatic rings. The lowest BCUT2D eigenvalue weighted by Crippen LogP contribution is -2.40. The van der Waals surface area contributed by atoms with Crippen LogP contribution in [0.2, 0.25) is 0 Å². The highest BCUT2D eigenvalue weighted by Gasteiger charge is 2.25. The summed E-state index contributed by atoms with van der Waals surface area (Å²) in [5, 5.41) is 9.22. The zero-order chi connectivity index (χ0) is 20.1. The number of carbonyl (C=O) groups is 1. The van der Waals surface area contributed by atoms with E-state index in [1.54, 1.807) is 0 Å². The summed E-state index contributed by atoms with van der Waals surface area (Å²) in [6, 6.07) is 17.4. The molecule has 5 nitrogen and oxygen atoms in total. The smallest absolute Gasteiger partial charge is 0.307 e. The zero-order valence-corrected chi connectivity index (χ0v) is 16.9. The van der Waals surface area contributed by atoms with Crippen molar-refractivity contribution in [2.75, 3.05) is 44.3 Å². The Kier molecular flexibility index (Phi) is 6.47. The van der Waals surface area contributed by atoms with Gasteiger partial charge in [-0.1, -0.05) is 42.5 Å². The zero-order valence-electron chi connectivity index (χ0n) is 16.9. The Balaban J connectivity index is 1.30. The van der Waals surface area contributed by atoms with E-state index < -0.39 is 5.97 Å². The molecule has 4 rings (SSSR count). The van der Waals surface area contributed by atoms with E-state index in [-0.39, 0.29) is 5.92 Å². The molecule has 0 radical (unpaired) electrons. The van der Waals surface area contributed by atoms with Gasteiger partial charge in [-0.05, 0) is 48.6 Å². The van der Waals surface area contributed by atoms with E-state index in [2.05, 4.69) is 58.3 Å². The molecule has 5 heteroatoms. The molecule has 0 aliphatic carbocycles. The average Bonchev–Trinajstić information content (AvgIpc) is 2.90. The van der Waals surface area contributed by atoms with Crippen LogP contribution in [-0.4, -0.2) is 55.4 Å². The van der Waals surface area contributed by atoms with Gasteiger partial charge in [-0.2, -0.15) is 0 Å². The van der Waals surface area contributed by atoms with Crippen LogP contribution in [0.15, 0.2) is 48.5 Å². The van der Waals surface area contributed by atoms with Gasteiger partial charge in [0, 0.05) is 31.9 Å². The number of anilines is 1. The van der Waals surface area contributed by atoms with Gasteiger partial charge in [-0.25, -0.2) is 0 Å². The minimum absolute atomic E-state index is 0.225. The first-order valence-corrected chi connectivity index (χ1v) is 10.6. The van der Waals surface area contributed by atoms with Crippen LogP contribution in [0.4, 0.5) is 5.69 Å². The van der Waals surface area contributed by atoms with E-state index in [1.165, 1.54) is 22.4 Å². The van der Waals surface area contributed by atoms with Gasteiger partial charge in [0.1, 0.15) is 0 Å². The summed E-state index contributed by atoms with van der Waals surface area (Å²) < 4.78 is 5.95. The summed E-state index contributed by atoms with van der Waals surface area (Å²) in [4.78, 5) is 15.8. The van der Waals surface area contributed by atoms with Crippen molar-refractivity contribution < 1.29 is 14.6 Å². The fourth-order valence-electron chi connectivity index (χ4n) is 4.48. The Labute approximate surface area is 172 Å². The standard InChI is InChI=1S/C24H30N2O3/c27-24(28)22-9-5-11-25(17-22)12-14-29-15-13-26-18-21-8-2-1-6-19(21)16-20-7-3-4-10-23(20)26/h1-4,6-8,10,22H,5,9,11-18H2,(H,27,28)/t22-/m1/s1. The fraction of sp³-hybridized carbons (Fsp3) is 0.458. The first-order valence-electron chi connectivity index (χ1n) is 10.6. The minimum atomic E-state index is -0.671. The van der Waals surface area contributed by atoms with Crippen molar-refractivity contribution in [2.45, 2.75) is 25.8 Å². The van der Waals surface area contributed by atoms with E-state index in [4.69, 9.17) is 4.74 Å². The molecule has 0 bridgehead atoms. The number of benzene rings is 2. The van der Waals surface area contributed by atoms with Gasteiger partial charge in [0.25, 0.3) is 0 Å². The van der Waals surface area contributed by atoms with E-state index in [9.17, 15) is 9.90 Å². The Morgan fingerprint density at radius 1 is 1.00 bits per heavy atom. The number of fused-ring (bicyclic) bond motifs is 2. The number of likely N-dealkylation sites (tertiary alicyclic amines) is 1. The van der Waals surface area contributed by atoms with Gasteiger partial charge in [-0.3, -0.25) is 4.79 Å². The normalized spacial score (nSPS) is 19.3. The van der Waals surface area contributed by atoms with Crippen LogP contribution < -0.4 is 4.90 Å². The van der Waals surface area contributed by atoms with Gasteiger partial charge in [0.05, 0.1) is 19.1 Å². The predicted octanol–water partition coefficient (Wildman–Crippen LogP) is 3.41. The molecule has 29 heavy (non-hydrogen) atoms. The van der Waals surface area contributed by atoms with Gasteiger partial charge in [-0.15, -0.1) is 0 Å². The van der Waals surface area contributed by atoms with Crippen LogP contribution in [0, 0.1) is 5.92 Å². The first-order chi connectivity index (χ1) is 14.2. The number of piperidine rings is 1. The second kappa shape index (κ2) is 9.42. The largest absolute Gasteiger partial charge is 0.481 e. The summed E-state index contributed by atoms with van der Waals surface area (Å²) in [6.45, 7) is 5.51. The summed E-state index contributed by atoms with van der Waals surface area (Å²) in [5.41, 5.74) is 5.45. The molecule has 2 aliphatic rings. The number of para-hydroxylation sites is 1. The fourth-order valence-corrected chi connectivity index (χ4v) is 4.48. The van der Waals surface area contributed by atoms with Crippen LogP contribution >= 0.6 is 0 Å². The van der Waals surface area contributed by atoms with Crippen molar-refractivity contribution in [3.05, 3.63) is 65.2 Å². The maximum atomic E-state index is 11.2. The van der Waals surface area contributed by atoms with Crippen molar-refractivity contribution in [2.24, 2.45) is 5.92 Å². The molecule has 0 aromatic heterocycles. The highest BCUT2D eigenvalue weighted by molar-refractivity contribution is 5.70. The summed E-state index contributed by atoms with van der Waals surface area (Å²) >= 11 is 0. The number of carboxylic acids is 1. The second-order valence-electron chi connectivity index (χ2n) is 8.09.